The Labute approximate surface area is 642 Å². The molecule has 2 aliphatic rings. The number of rotatable bonds is 7. The number of nitrogens with zero attached hydrogens (tertiary/aromatic N) is 7. The number of carbonyl (C=O) groups excluding carboxylic acids is 2. The number of aliphatic hydroxyl groups excluding tert-OH is 2. The summed E-state index contributed by atoms with van der Waals surface area (Å²) in [5.41, 5.74) is 12.6. The van der Waals surface area contributed by atoms with E-state index in [-0.39, 0.29) is 140 Å². The summed E-state index contributed by atoms with van der Waals surface area (Å²) in [6.07, 6.45) is 15.1. The van der Waals surface area contributed by atoms with E-state index < -0.39 is 29.2 Å². The van der Waals surface area contributed by atoms with E-state index in [0.29, 0.717) is 11.4 Å². The third-order valence-corrected chi connectivity index (χ3v) is 13.6. The molecule has 99 heavy (non-hydrogen) atoms. The number of halogens is 4. The fourth-order valence-corrected chi connectivity index (χ4v) is 9.44. The molecular formula is C79H63F4Ir5N7O4-6. The average Bonchev–Trinajstić information content (AvgIpc) is 1.59. The Kier molecular flexibility index (Phi) is 38.3. The number of aliphatic hydroxyl groups is 2. The number of pyridine rings is 5. The van der Waals surface area contributed by atoms with Crippen LogP contribution in [0.1, 0.15) is 63.8 Å². The number of benzene rings is 6. The van der Waals surface area contributed by atoms with E-state index >= 15 is 0 Å². The Bertz CT molecular complexity index is 4490. The van der Waals surface area contributed by atoms with E-state index in [4.69, 9.17) is 16.8 Å². The summed E-state index contributed by atoms with van der Waals surface area (Å²) in [4.78, 5) is 42.7. The van der Waals surface area contributed by atoms with E-state index in [0.717, 1.165) is 58.0 Å². The molecule has 0 saturated heterocycles. The molecule has 1 aliphatic heterocycles. The Morgan fingerprint density at radius 1 is 0.576 bits per heavy atom. The van der Waals surface area contributed by atoms with Crippen molar-refractivity contribution in [3.8, 4) is 56.2 Å². The largest absolute Gasteiger partial charge is 0.725 e. The number of fused-ring (bicyclic) bond motifs is 4. The van der Waals surface area contributed by atoms with Crippen LogP contribution >= 0.6 is 0 Å². The normalized spacial score (nSPS) is 11.4. The first-order valence-electron chi connectivity index (χ1n) is 29.3. The van der Waals surface area contributed by atoms with E-state index in [9.17, 15) is 27.2 Å². The number of aromatic nitrogens is 5. The fraction of sp³-hybridized carbons (Fsp3) is 0.114. The Morgan fingerprint density at radius 3 is 1.71 bits per heavy atom. The van der Waals surface area contributed by atoms with Gasteiger partial charge in [-0.25, -0.2) is 14.5 Å². The minimum Gasteiger partial charge on any atom is -0.725 e. The van der Waals surface area contributed by atoms with Gasteiger partial charge in [0.25, 0.3) is 0 Å². The molecule has 5 aromatic heterocycles. The Balaban J connectivity index is 0.000000406. The third-order valence-electron chi connectivity index (χ3n) is 13.6. The molecule has 11 aromatic rings. The maximum absolute atomic E-state index is 13.8. The van der Waals surface area contributed by atoms with Crippen molar-refractivity contribution < 1.29 is 138 Å². The summed E-state index contributed by atoms with van der Waals surface area (Å²) in [7, 11) is 0. The minimum absolute atomic E-state index is 0. The van der Waals surface area contributed by atoms with Crippen LogP contribution in [-0.2, 0) is 116 Å². The SMILES string of the molecule is CC(=O)C=C(C)O.CC(=O)C=C(C)O.CC1(C)c2ccccc2-c2c[c-]c(-c3nccc4ccccc34)cc21.Fc1c[c-]c(-c2ccccn2)c(F)n1.[C-]#[N+]c1c(F)c[c-]c(-c2cc(C)ccn2)c1F.[Ir].[Ir].[Ir].[Ir].[Ir].[c-]1ccccc1-c1ccccn1.[c-]1ccccc1C1=CC=CC[N-]1. The molecule has 11 nitrogen and oxygen atoms in total. The zero-order chi connectivity index (χ0) is 67.6. The van der Waals surface area contributed by atoms with Gasteiger partial charge in [-0.3, -0.25) is 28.2 Å². The standard InChI is InChI=1S/C24H18N.C13H7F2N2.C11H9N.C11H8N.C10H5F2N2.2C5H8O2.5Ir/c1-24(2)21-10-6-5-9-19(21)20-12-11-17(15-22(20)24)23-18-8-4-3-7-16(18)13-14-25-23;1-8-5-6-17-11(7-8)9-3-4-10(14)13(16-2)12(9)15;2*1-2-6-10(7-3-1)11-8-4-5-9-12-11;11-9-5-4-7(10(12)14-9)8-3-1-2-6-13-8;2*1-4(6)3-5(2)7;;;;;/h3-10,12-15H,1-2H3;4-7H,1H3;1-6,8H,9H2;1-6,8-9H;1-3,5-6H;2*3,6H,1-2H3;;;;;/q2*-1;-2;2*-1;;;;;;;. The fourth-order valence-electron chi connectivity index (χ4n) is 9.44. The zero-order valence-corrected chi connectivity index (χ0v) is 66.1. The molecule has 0 bridgehead atoms. The van der Waals surface area contributed by atoms with Gasteiger partial charge in [0.1, 0.15) is 11.9 Å². The molecule has 20 heteroatoms. The van der Waals surface area contributed by atoms with E-state index in [1.54, 1.807) is 36.5 Å². The second-order valence-electron chi connectivity index (χ2n) is 21.2. The van der Waals surface area contributed by atoms with E-state index in [1.165, 1.54) is 85.3 Å². The number of aryl methyl sites for hydroxylation is 1. The van der Waals surface area contributed by atoms with Gasteiger partial charge in [-0.1, -0.05) is 127 Å². The van der Waals surface area contributed by atoms with Gasteiger partial charge < -0.3 is 35.5 Å². The third kappa shape index (κ3) is 25.9. The van der Waals surface area contributed by atoms with Gasteiger partial charge in [-0.05, 0) is 103 Å². The van der Waals surface area contributed by atoms with Crippen molar-refractivity contribution in [3.63, 3.8) is 0 Å². The van der Waals surface area contributed by atoms with Crippen molar-refractivity contribution in [3.05, 3.63) is 335 Å². The summed E-state index contributed by atoms with van der Waals surface area (Å²) in [5.74, 6) is -3.74. The summed E-state index contributed by atoms with van der Waals surface area (Å²) in [6, 6.07) is 70.2. The second-order valence-corrected chi connectivity index (χ2v) is 21.2. The van der Waals surface area contributed by atoms with Crippen LogP contribution in [0, 0.1) is 67.4 Å². The molecule has 1 aliphatic carbocycles. The van der Waals surface area contributed by atoms with Gasteiger partial charge in [-0.2, -0.15) is 5.56 Å². The summed E-state index contributed by atoms with van der Waals surface area (Å²) < 4.78 is 52.5. The maximum atomic E-state index is 13.8. The van der Waals surface area contributed by atoms with Gasteiger partial charge in [0.2, 0.25) is 0 Å². The van der Waals surface area contributed by atoms with Crippen LogP contribution in [0.2, 0.25) is 0 Å². The first-order valence-corrected chi connectivity index (χ1v) is 29.3. The molecule has 2 N–H and O–H groups in total. The van der Waals surface area contributed by atoms with Crippen LogP contribution in [0.15, 0.2) is 243 Å². The van der Waals surface area contributed by atoms with E-state index in [1.807, 2.05) is 98.1 Å². The molecule has 0 fully saturated rings. The van der Waals surface area contributed by atoms with Crippen LogP contribution in [-0.4, -0.2) is 53.2 Å². The summed E-state index contributed by atoms with van der Waals surface area (Å²) in [5, 5.41) is 23.5. The predicted octanol–water partition coefficient (Wildman–Crippen LogP) is 19.3. The smallest absolute Gasteiger partial charge is 0.176 e. The van der Waals surface area contributed by atoms with Crippen LogP contribution < -0.4 is 0 Å². The topological polar surface area (TPSA) is 158 Å². The Hall–Kier alpha value is -8.51. The van der Waals surface area contributed by atoms with Crippen LogP contribution in [0.5, 0.6) is 0 Å². The molecule has 6 heterocycles. The number of carbonyl (C=O) groups is 2. The monoisotopic (exact) mass is 2210 g/mol. The molecule has 0 unspecified atom stereocenters. The van der Waals surface area contributed by atoms with E-state index in [2.05, 4.69) is 146 Å². The first kappa shape index (κ1) is 86.6. The van der Waals surface area contributed by atoms with Crippen molar-refractivity contribution in [2.75, 3.05) is 6.54 Å². The minimum atomic E-state index is -0.918. The molecule has 0 saturated carbocycles. The van der Waals surface area contributed by atoms with Crippen molar-refractivity contribution in [2.45, 2.75) is 53.9 Å². The number of hydrogen-bond acceptors (Lipinski definition) is 9. The van der Waals surface area contributed by atoms with Crippen molar-refractivity contribution >= 4 is 33.7 Å². The van der Waals surface area contributed by atoms with Crippen molar-refractivity contribution in [1.29, 1.82) is 0 Å². The average molecular weight is 2210 g/mol. The molecule has 0 atom stereocenters. The van der Waals surface area contributed by atoms with Crippen LogP contribution in [0.25, 0.3) is 82.8 Å². The molecule has 517 valence electrons. The van der Waals surface area contributed by atoms with Gasteiger partial charge >= 0.3 is 0 Å². The zero-order valence-electron chi connectivity index (χ0n) is 54.2. The predicted molar refractivity (Wildman–Crippen MR) is 362 cm³/mol. The number of allylic oxidation sites excluding steroid dienone is 6. The van der Waals surface area contributed by atoms with Gasteiger partial charge in [0.05, 0.1) is 18.1 Å². The van der Waals surface area contributed by atoms with Crippen LogP contribution in [0.3, 0.4) is 0 Å². The maximum Gasteiger partial charge on any atom is 0.176 e. The van der Waals surface area contributed by atoms with Gasteiger partial charge in [-0.15, -0.1) is 138 Å². The first-order chi connectivity index (χ1) is 45.2. The number of ketones is 2. The quantitative estimate of drug-likeness (QED) is 0.0521. The van der Waals surface area contributed by atoms with Crippen molar-refractivity contribution in [2.24, 2.45) is 0 Å². The molecule has 0 spiro atoms. The van der Waals surface area contributed by atoms with Crippen molar-refractivity contribution in [1.82, 2.24) is 24.9 Å². The number of hydrogen-bond donors (Lipinski definition) is 2. The molecular weight excluding hydrogens is 2150 g/mol. The van der Waals surface area contributed by atoms with Gasteiger partial charge in [0, 0.05) is 149 Å². The Morgan fingerprint density at radius 2 is 1.15 bits per heavy atom. The van der Waals surface area contributed by atoms with Gasteiger partial charge in [0.15, 0.2) is 17.3 Å². The molecule has 5 radical (unpaired) electrons. The second kappa shape index (κ2) is 43.8. The summed E-state index contributed by atoms with van der Waals surface area (Å²) in [6.45, 7) is 19.7. The van der Waals surface area contributed by atoms with Crippen LogP contribution in [0.4, 0.5) is 23.2 Å². The molecule has 13 rings (SSSR count). The molecule has 6 aromatic carbocycles. The molecule has 0 amide bonds. The summed E-state index contributed by atoms with van der Waals surface area (Å²) >= 11 is 0.